The van der Waals surface area contributed by atoms with E-state index in [1.54, 1.807) is 24.4 Å². The van der Waals surface area contributed by atoms with E-state index in [0.29, 0.717) is 15.8 Å². The molecule has 0 saturated heterocycles. The number of halogens is 1. The van der Waals surface area contributed by atoms with Crippen LogP contribution in [0.1, 0.15) is 25.1 Å². The Bertz CT molecular complexity index is 1470. The number of nitrogen functional groups attached to an aromatic ring is 1. The number of nitrogens with zero attached hydrogens (tertiary/aromatic N) is 4. The van der Waals surface area contributed by atoms with Gasteiger partial charge in [0.05, 0.1) is 11.9 Å². The molecule has 16 heteroatoms. The van der Waals surface area contributed by atoms with Crippen LogP contribution in [0.3, 0.4) is 0 Å². The lowest BCUT2D eigenvalue weighted by atomic mass is 9.91. The Morgan fingerprint density at radius 2 is 1.62 bits per heavy atom. The van der Waals surface area contributed by atoms with E-state index in [9.17, 15) is 25.8 Å². The Morgan fingerprint density at radius 1 is 1.08 bits per heavy atom. The molecule has 1 aliphatic heterocycles. The Labute approximate surface area is 214 Å². The van der Waals surface area contributed by atoms with Crippen molar-refractivity contribution in [3.63, 3.8) is 0 Å². The molecule has 37 heavy (non-hydrogen) atoms. The molecule has 2 unspecified atom stereocenters. The maximum atomic E-state index is 13.5. The molecule has 1 aliphatic rings. The van der Waals surface area contributed by atoms with Gasteiger partial charge in [0.1, 0.15) is 11.3 Å². The highest BCUT2D eigenvalue weighted by Crippen LogP contribution is 2.38. The lowest BCUT2D eigenvalue weighted by Crippen LogP contribution is -2.33. The van der Waals surface area contributed by atoms with Gasteiger partial charge in [-0.25, -0.2) is 14.4 Å². The highest BCUT2D eigenvalue weighted by molar-refractivity contribution is 7.85. The number of aliphatic imine (C=N–C) groups is 1. The zero-order chi connectivity index (χ0) is 28.2. The molecule has 0 radical (unpaired) electrons. The molecule has 3 aromatic rings. The highest BCUT2D eigenvalue weighted by Gasteiger charge is 2.43. The van der Waals surface area contributed by atoms with Crippen LogP contribution in [0, 0.1) is 11.7 Å². The van der Waals surface area contributed by atoms with Gasteiger partial charge in [-0.2, -0.15) is 20.8 Å². The normalized spacial score (nSPS) is 19.3. The summed E-state index contributed by atoms with van der Waals surface area (Å²) in [7, 11) is -4.65. The van der Waals surface area contributed by atoms with Crippen molar-refractivity contribution in [2.75, 3.05) is 26.1 Å². The summed E-state index contributed by atoms with van der Waals surface area (Å²) >= 11 is 0. The van der Waals surface area contributed by atoms with Gasteiger partial charge >= 0.3 is 10.3 Å². The smallest absolute Gasteiger partial charge is 0.368 e. The van der Waals surface area contributed by atoms with E-state index >= 15 is 0 Å². The summed E-state index contributed by atoms with van der Waals surface area (Å²) in [5.74, 6) is -0.791. The monoisotopic (exact) mass is 560 g/mol. The Hall–Kier alpha value is -3.02. The summed E-state index contributed by atoms with van der Waals surface area (Å²) in [6, 6.07) is 8.78. The van der Waals surface area contributed by atoms with Gasteiger partial charge in [0.25, 0.3) is 10.1 Å². The van der Waals surface area contributed by atoms with E-state index < -0.39 is 44.0 Å². The zero-order valence-corrected chi connectivity index (χ0v) is 22.3. The highest BCUT2D eigenvalue weighted by atomic mass is 32.2. The standard InChI is InChI=1S/C18H18FN5O4S.C2H7N.CH4O3S/c1-10(2)16-21-9-18(28-16,11-3-5-12(19)6-4-11)14-8-7-13-15(23-14)24(17(20)22-13)29(25,26)27;1-3-2;1-5(2,3)4/h3-10,16H,1-2H3,(H2,20,22)(H,25,26,27);3H,1-2H3;1H3,(H,2,3,4). The van der Waals surface area contributed by atoms with Crippen LogP contribution in [-0.4, -0.2) is 72.7 Å². The molecule has 0 aliphatic carbocycles. The van der Waals surface area contributed by atoms with E-state index in [-0.39, 0.29) is 22.8 Å². The first-order valence-electron chi connectivity index (χ1n) is 10.7. The fourth-order valence-electron chi connectivity index (χ4n) is 3.24. The average Bonchev–Trinajstić information content (AvgIpc) is 3.34. The second-order valence-corrected chi connectivity index (χ2v) is 11.0. The molecular weight excluding hydrogens is 531 g/mol. The average molecular weight is 561 g/mol. The minimum atomic E-state index is -4.73. The summed E-state index contributed by atoms with van der Waals surface area (Å²) in [6.45, 7) is 3.88. The quantitative estimate of drug-likeness (QED) is 0.337. The molecule has 2 atom stereocenters. The molecule has 0 amide bonds. The van der Waals surface area contributed by atoms with Crippen molar-refractivity contribution in [3.05, 3.63) is 53.5 Å². The molecule has 3 heterocycles. The summed E-state index contributed by atoms with van der Waals surface area (Å²) in [6.07, 6.45) is 1.80. The third kappa shape index (κ3) is 7.50. The maximum Gasteiger partial charge on any atom is 0.368 e. The summed E-state index contributed by atoms with van der Waals surface area (Å²) in [4.78, 5) is 12.7. The van der Waals surface area contributed by atoms with Crippen LogP contribution < -0.4 is 11.1 Å². The van der Waals surface area contributed by atoms with Crippen LogP contribution >= 0.6 is 0 Å². The molecule has 4 rings (SSSR count). The number of aromatic nitrogens is 3. The number of hydrogen-bond donors (Lipinski definition) is 4. The first-order chi connectivity index (χ1) is 17.0. The minimum Gasteiger partial charge on any atom is -0.368 e. The summed E-state index contributed by atoms with van der Waals surface area (Å²) in [5, 5.41) is 2.75. The molecule has 0 fully saturated rings. The lowest BCUT2D eigenvalue weighted by molar-refractivity contribution is -0.0264. The Balaban J connectivity index is 0.000000530. The zero-order valence-electron chi connectivity index (χ0n) is 20.7. The van der Waals surface area contributed by atoms with Crippen molar-refractivity contribution in [1.29, 1.82) is 0 Å². The predicted molar refractivity (Wildman–Crippen MR) is 137 cm³/mol. The Morgan fingerprint density at radius 3 is 2.08 bits per heavy atom. The topological polar surface area (TPSA) is 199 Å². The molecule has 1 aromatic carbocycles. The van der Waals surface area contributed by atoms with Crippen molar-refractivity contribution >= 4 is 43.7 Å². The van der Waals surface area contributed by atoms with Crippen molar-refractivity contribution in [1.82, 2.24) is 19.3 Å². The lowest BCUT2D eigenvalue weighted by Gasteiger charge is -2.28. The minimum absolute atomic E-state index is 0.0521. The molecule has 0 saturated carbocycles. The summed E-state index contributed by atoms with van der Waals surface area (Å²) in [5.41, 5.74) is 5.22. The van der Waals surface area contributed by atoms with Crippen molar-refractivity contribution in [3.8, 4) is 0 Å². The van der Waals surface area contributed by atoms with Gasteiger partial charge in [0.15, 0.2) is 17.5 Å². The number of ether oxygens (including phenoxy) is 1. The fraction of sp³-hybridized carbons (Fsp3) is 0.381. The number of nitrogens with one attached hydrogen (secondary N) is 1. The van der Waals surface area contributed by atoms with Gasteiger partial charge in [-0.05, 0) is 43.9 Å². The van der Waals surface area contributed by atoms with Crippen LogP contribution in [0.2, 0.25) is 0 Å². The van der Waals surface area contributed by atoms with Crippen molar-refractivity contribution in [2.45, 2.75) is 25.7 Å². The van der Waals surface area contributed by atoms with Crippen molar-refractivity contribution in [2.24, 2.45) is 10.9 Å². The Kier molecular flexibility index (Phi) is 9.45. The van der Waals surface area contributed by atoms with E-state index in [2.05, 4.69) is 20.3 Å². The van der Waals surface area contributed by atoms with Crippen molar-refractivity contribution < 1.29 is 35.1 Å². The molecular formula is C21H29FN6O7S2. The number of fused-ring (bicyclic) bond motifs is 1. The van der Waals surface area contributed by atoms with Gasteiger partial charge in [-0.3, -0.25) is 14.1 Å². The molecule has 0 spiro atoms. The van der Waals surface area contributed by atoms with Crippen LogP contribution in [0.4, 0.5) is 10.3 Å². The number of anilines is 1. The second kappa shape index (κ2) is 11.6. The number of pyridine rings is 1. The predicted octanol–water partition coefficient (Wildman–Crippen LogP) is 1.47. The second-order valence-electron chi connectivity index (χ2n) is 8.26. The molecule has 5 N–H and O–H groups in total. The van der Waals surface area contributed by atoms with Gasteiger partial charge in [-0.15, -0.1) is 0 Å². The largest absolute Gasteiger partial charge is 0.368 e. The summed E-state index contributed by atoms with van der Waals surface area (Å²) < 4.78 is 79.0. The third-order valence-electron chi connectivity index (χ3n) is 4.65. The van der Waals surface area contributed by atoms with Crippen LogP contribution in [0.25, 0.3) is 11.2 Å². The van der Waals surface area contributed by atoms with Crippen LogP contribution in [0.5, 0.6) is 0 Å². The number of imidazole rings is 1. The number of rotatable bonds is 4. The molecule has 13 nitrogen and oxygen atoms in total. The maximum absolute atomic E-state index is 13.5. The van der Waals surface area contributed by atoms with Crippen LogP contribution in [0.15, 0.2) is 41.4 Å². The first kappa shape index (κ1) is 30.2. The van der Waals surface area contributed by atoms with E-state index in [1.807, 2.05) is 27.9 Å². The first-order valence-corrected chi connectivity index (χ1v) is 13.9. The molecule has 2 aromatic heterocycles. The number of benzene rings is 1. The molecule has 204 valence electrons. The van der Waals surface area contributed by atoms with Gasteiger partial charge in [0, 0.05) is 12.1 Å². The van der Waals surface area contributed by atoms with E-state index in [4.69, 9.17) is 15.0 Å². The number of nitrogens with two attached hydrogens (primary N) is 1. The van der Waals surface area contributed by atoms with Crippen LogP contribution in [-0.2, 0) is 30.8 Å². The van der Waals surface area contributed by atoms with E-state index in [1.165, 1.54) is 18.2 Å². The molecule has 0 bridgehead atoms. The third-order valence-corrected chi connectivity index (χ3v) is 5.48. The van der Waals surface area contributed by atoms with Gasteiger partial charge in [-0.1, -0.05) is 26.0 Å². The number of hydrogen-bond acceptors (Lipinski definition) is 10. The van der Waals surface area contributed by atoms with Gasteiger partial charge < -0.3 is 15.8 Å². The fourth-order valence-corrected chi connectivity index (χ4v) is 3.87. The SMILES string of the molecule is CC(C)C1N=CC(c2ccc(F)cc2)(c2ccc3nc(N)n(S(=O)(=O)O)c3n2)O1.CNC.CS(=O)(=O)O. The van der Waals surface area contributed by atoms with E-state index in [0.717, 1.165) is 0 Å². The van der Waals surface area contributed by atoms with Gasteiger partial charge in [0.2, 0.25) is 5.95 Å².